The van der Waals surface area contributed by atoms with Gasteiger partial charge < -0.3 is 4.57 Å². The Morgan fingerprint density at radius 1 is 1.04 bits per heavy atom. The third kappa shape index (κ3) is 2.58. The first kappa shape index (κ1) is 14.9. The lowest BCUT2D eigenvalue weighted by Crippen LogP contribution is -1.97. The van der Waals surface area contributed by atoms with Crippen molar-refractivity contribution in [1.82, 2.24) is 9.55 Å². The number of rotatable bonds is 3. The van der Waals surface area contributed by atoms with E-state index in [9.17, 15) is 0 Å². The summed E-state index contributed by atoms with van der Waals surface area (Å²) in [7, 11) is 0. The second-order valence-corrected chi connectivity index (χ2v) is 6.85. The zero-order chi connectivity index (χ0) is 16.7. The molecule has 2 heteroatoms. The molecule has 0 amide bonds. The number of imidazole rings is 1. The lowest BCUT2D eigenvalue weighted by Gasteiger charge is -2.08. The predicted molar refractivity (Wildman–Crippen MR) is 102 cm³/mol. The van der Waals surface area contributed by atoms with E-state index >= 15 is 0 Å². The third-order valence-corrected chi connectivity index (χ3v) is 4.72. The van der Waals surface area contributed by atoms with Crippen LogP contribution in [0, 0.1) is 6.92 Å². The molecule has 0 N–H and O–H groups in total. The van der Waals surface area contributed by atoms with Crippen LogP contribution in [-0.2, 0) is 0 Å². The summed E-state index contributed by atoms with van der Waals surface area (Å²) in [5, 5.41) is 0. The maximum atomic E-state index is 4.58. The molecule has 4 rings (SSSR count). The Hall–Kier alpha value is -2.61. The molecule has 0 aliphatic heterocycles. The minimum absolute atomic E-state index is 0.430. The zero-order valence-corrected chi connectivity index (χ0v) is 14.5. The number of aromatic nitrogens is 2. The summed E-state index contributed by atoms with van der Waals surface area (Å²) in [6, 6.07) is 15.8. The van der Waals surface area contributed by atoms with Crippen molar-refractivity contribution in [3.8, 4) is 0 Å². The molecule has 2 nitrogen and oxygen atoms in total. The van der Waals surface area contributed by atoms with Crippen LogP contribution in [0.5, 0.6) is 0 Å². The Labute approximate surface area is 143 Å². The summed E-state index contributed by atoms with van der Waals surface area (Å²) in [4.78, 5) is 4.58. The maximum Gasteiger partial charge on any atom is 0.0960 e. The molecule has 1 heterocycles. The molecule has 0 radical (unpaired) electrons. The van der Waals surface area contributed by atoms with Gasteiger partial charge in [-0.3, -0.25) is 0 Å². The molecule has 2 aromatic carbocycles. The normalized spacial score (nSPS) is 14.3. The number of nitrogens with zero attached hydrogens (tertiary/aromatic N) is 2. The van der Waals surface area contributed by atoms with Crippen LogP contribution >= 0.6 is 0 Å². The second-order valence-electron chi connectivity index (χ2n) is 6.85. The monoisotopic (exact) mass is 314 g/mol. The molecule has 0 spiro atoms. The molecule has 0 unspecified atom stereocenters. The quantitative estimate of drug-likeness (QED) is 0.597. The van der Waals surface area contributed by atoms with Crippen LogP contribution < -0.4 is 0 Å². The molecule has 0 bridgehead atoms. The van der Waals surface area contributed by atoms with Crippen LogP contribution in [0.3, 0.4) is 0 Å². The van der Waals surface area contributed by atoms with Crippen LogP contribution in [0.4, 0.5) is 0 Å². The SMILES string of the molecule is Cc1cccc(C2=CC(c3ccc4c(c3)ncn4C(C)C)=CC2)c1. The van der Waals surface area contributed by atoms with E-state index in [2.05, 4.69) is 84.9 Å². The molecule has 3 aromatic rings. The van der Waals surface area contributed by atoms with Crippen molar-refractivity contribution >= 4 is 22.2 Å². The van der Waals surface area contributed by atoms with E-state index in [1.807, 2.05) is 6.33 Å². The van der Waals surface area contributed by atoms with Gasteiger partial charge in [0.15, 0.2) is 0 Å². The van der Waals surface area contributed by atoms with E-state index in [-0.39, 0.29) is 0 Å². The van der Waals surface area contributed by atoms with Gasteiger partial charge in [-0.1, -0.05) is 48.0 Å². The fourth-order valence-corrected chi connectivity index (χ4v) is 3.40. The van der Waals surface area contributed by atoms with E-state index in [0.717, 1.165) is 11.9 Å². The highest BCUT2D eigenvalue weighted by molar-refractivity contribution is 5.92. The molecular formula is C22H22N2. The van der Waals surface area contributed by atoms with Crippen LogP contribution in [0.1, 0.15) is 43.0 Å². The summed E-state index contributed by atoms with van der Waals surface area (Å²) in [5.41, 5.74) is 8.84. The second kappa shape index (κ2) is 5.79. The Morgan fingerprint density at radius 3 is 2.71 bits per heavy atom. The minimum atomic E-state index is 0.430. The van der Waals surface area contributed by atoms with E-state index in [1.165, 1.54) is 33.4 Å². The van der Waals surface area contributed by atoms with Crippen molar-refractivity contribution in [3.63, 3.8) is 0 Å². The van der Waals surface area contributed by atoms with Gasteiger partial charge in [-0.2, -0.15) is 0 Å². The van der Waals surface area contributed by atoms with E-state index in [4.69, 9.17) is 0 Å². The summed E-state index contributed by atoms with van der Waals surface area (Å²) in [6.07, 6.45) is 7.57. The number of hydrogen-bond acceptors (Lipinski definition) is 1. The molecule has 1 aliphatic carbocycles. The predicted octanol–water partition coefficient (Wildman–Crippen LogP) is 5.80. The topological polar surface area (TPSA) is 17.8 Å². The van der Waals surface area contributed by atoms with Gasteiger partial charge in [-0.25, -0.2) is 4.98 Å². The maximum absolute atomic E-state index is 4.58. The summed E-state index contributed by atoms with van der Waals surface area (Å²) in [5.74, 6) is 0. The third-order valence-electron chi connectivity index (χ3n) is 4.72. The highest BCUT2D eigenvalue weighted by Crippen LogP contribution is 2.33. The number of aryl methyl sites for hydroxylation is 1. The Morgan fingerprint density at radius 2 is 1.92 bits per heavy atom. The molecule has 120 valence electrons. The van der Waals surface area contributed by atoms with Crippen molar-refractivity contribution in [2.75, 3.05) is 0 Å². The molecule has 0 fully saturated rings. The fourth-order valence-electron chi connectivity index (χ4n) is 3.40. The lowest BCUT2D eigenvalue weighted by atomic mass is 10.0. The summed E-state index contributed by atoms with van der Waals surface area (Å²) < 4.78 is 2.22. The van der Waals surface area contributed by atoms with Gasteiger partial charge in [0, 0.05) is 6.04 Å². The lowest BCUT2D eigenvalue weighted by molar-refractivity contribution is 0.617. The molecule has 1 aliphatic rings. The Balaban J connectivity index is 1.68. The van der Waals surface area contributed by atoms with Crippen LogP contribution in [0.15, 0.2) is 60.9 Å². The minimum Gasteiger partial charge on any atom is -0.328 e. The van der Waals surface area contributed by atoms with Crippen LogP contribution in [-0.4, -0.2) is 9.55 Å². The highest BCUT2D eigenvalue weighted by atomic mass is 15.1. The largest absolute Gasteiger partial charge is 0.328 e. The van der Waals surface area contributed by atoms with Gasteiger partial charge in [0.25, 0.3) is 0 Å². The summed E-state index contributed by atoms with van der Waals surface area (Å²) in [6.45, 7) is 6.52. The molecule has 0 saturated carbocycles. The van der Waals surface area contributed by atoms with E-state index in [1.54, 1.807) is 0 Å². The molecular weight excluding hydrogens is 292 g/mol. The van der Waals surface area contributed by atoms with Crippen molar-refractivity contribution in [2.24, 2.45) is 0 Å². The van der Waals surface area contributed by atoms with Crippen molar-refractivity contribution in [1.29, 1.82) is 0 Å². The first-order valence-corrected chi connectivity index (χ1v) is 8.56. The summed E-state index contributed by atoms with van der Waals surface area (Å²) >= 11 is 0. The van der Waals surface area contributed by atoms with Gasteiger partial charge in [0.05, 0.1) is 17.4 Å². The average Bonchev–Trinajstić information content (AvgIpc) is 3.21. The Kier molecular flexibility index (Phi) is 3.61. The molecule has 24 heavy (non-hydrogen) atoms. The van der Waals surface area contributed by atoms with Crippen molar-refractivity contribution in [2.45, 2.75) is 33.2 Å². The first-order chi connectivity index (χ1) is 11.6. The van der Waals surface area contributed by atoms with Gasteiger partial charge in [-0.05, 0) is 61.6 Å². The van der Waals surface area contributed by atoms with Crippen molar-refractivity contribution in [3.05, 3.63) is 77.6 Å². The number of hydrogen-bond donors (Lipinski definition) is 0. The number of allylic oxidation sites excluding steroid dienone is 4. The highest BCUT2D eigenvalue weighted by Gasteiger charge is 2.12. The van der Waals surface area contributed by atoms with Crippen LogP contribution in [0.25, 0.3) is 22.2 Å². The zero-order valence-electron chi connectivity index (χ0n) is 14.5. The molecule has 0 atom stereocenters. The van der Waals surface area contributed by atoms with E-state index in [0.29, 0.717) is 6.04 Å². The first-order valence-electron chi connectivity index (χ1n) is 8.56. The average molecular weight is 314 g/mol. The van der Waals surface area contributed by atoms with Crippen LogP contribution in [0.2, 0.25) is 0 Å². The van der Waals surface area contributed by atoms with Gasteiger partial charge in [0.1, 0.15) is 0 Å². The van der Waals surface area contributed by atoms with Gasteiger partial charge in [0.2, 0.25) is 0 Å². The Bertz CT molecular complexity index is 971. The standard InChI is InChI=1S/C22H22N2/c1-15(2)24-14-23-21-13-20(9-10-22(21)24)19-8-7-18(12-19)17-6-4-5-16(3)11-17/h4-6,8-15H,7H2,1-3H3. The van der Waals surface area contributed by atoms with Crippen molar-refractivity contribution < 1.29 is 0 Å². The van der Waals surface area contributed by atoms with Gasteiger partial charge in [-0.15, -0.1) is 0 Å². The molecule has 0 saturated heterocycles. The number of benzene rings is 2. The van der Waals surface area contributed by atoms with E-state index < -0.39 is 0 Å². The fraction of sp³-hybridized carbons (Fsp3) is 0.227. The van der Waals surface area contributed by atoms with Gasteiger partial charge >= 0.3 is 0 Å². The molecule has 1 aromatic heterocycles. The smallest absolute Gasteiger partial charge is 0.0960 e. The number of fused-ring (bicyclic) bond motifs is 1.